The minimum Gasteiger partial charge on any atom is -0.508 e. The number of halogens is 4. The van der Waals surface area contributed by atoms with Crippen LogP contribution in [0.4, 0.5) is 18.9 Å². The summed E-state index contributed by atoms with van der Waals surface area (Å²) in [4.78, 5) is 12.6. The lowest BCUT2D eigenvalue weighted by Gasteiger charge is -2.11. The Kier molecular flexibility index (Phi) is 6.38. The highest BCUT2D eigenvalue weighted by Crippen LogP contribution is 2.30. The van der Waals surface area contributed by atoms with Gasteiger partial charge in [-0.25, -0.2) is 8.42 Å². The smallest absolute Gasteiger partial charge is 0.508 e. The molecule has 0 fully saturated rings. The Morgan fingerprint density at radius 2 is 1.66 bits per heavy atom. The van der Waals surface area contributed by atoms with E-state index in [1.165, 1.54) is 48.5 Å². The highest BCUT2D eigenvalue weighted by Gasteiger charge is 2.31. The van der Waals surface area contributed by atoms with Crippen LogP contribution in [0.3, 0.4) is 0 Å². The first-order valence-electron chi connectivity index (χ1n) is 8.83. The van der Waals surface area contributed by atoms with Crippen LogP contribution in [-0.4, -0.2) is 32.0 Å². The van der Waals surface area contributed by atoms with Gasteiger partial charge < -0.3 is 15.2 Å². The molecule has 0 radical (unpaired) electrons. The quantitative estimate of drug-likeness (QED) is 0.514. The molecule has 0 aliphatic rings. The molecule has 0 aromatic heterocycles. The van der Waals surface area contributed by atoms with E-state index in [0.717, 1.165) is 18.4 Å². The lowest BCUT2D eigenvalue weighted by Crippen LogP contribution is -2.16. The number of amides is 1. The zero-order valence-corrected chi connectivity index (χ0v) is 17.8. The molecule has 0 spiro atoms. The number of phenolic OH excluding ortho intramolecular Hbond substituents is 1. The molecule has 0 bridgehead atoms. The minimum absolute atomic E-state index is 0.00176. The Balaban J connectivity index is 1.85. The van der Waals surface area contributed by atoms with Crippen molar-refractivity contribution in [3.63, 3.8) is 0 Å². The van der Waals surface area contributed by atoms with Crippen LogP contribution < -0.4 is 10.1 Å². The fourth-order valence-electron chi connectivity index (χ4n) is 2.78. The fraction of sp³-hybridized carbons (Fsp3) is 0.0952. The SMILES string of the molecule is CS(=O)(=O)c1ccc(NC(=O)c2cc(O)cc(-c3ccc(OC(F)(F)F)cc3)c2)c(Cl)c1. The molecule has 0 saturated carbocycles. The molecular weight excluding hydrogens is 471 g/mol. The molecule has 1 amide bonds. The molecule has 168 valence electrons. The molecule has 0 aliphatic carbocycles. The molecule has 3 aromatic carbocycles. The van der Waals surface area contributed by atoms with E-state index >= 15 is 0 Å². The Bertz CT molecular complexity index is 1280. The normalized spacial score (nSPS) is 11.8. The van der Waals surface area contributed by atoms with Gasteiger partial charge in [-0.15, -0.1) is 13.2 Å². The number of hydrogen-bond acceptors (Lipinski definition) is 5. The van der Waals surface area contributed by atoms with Crippen molar-refractivity contribution < 1.29 is 36.2 Å². The molecule has 3 rings (SSSR count). The second-order valence-corrected chi connectivity index (χ2v) is 9.13. The molecule has 0 atom stereocenters. The van der Waals surface area contributed by atoms with Gasteiger partial charge in [0.25, 0.3) is 5.91 Å². The van der Waals surface area contributed by atoms with Crippen molar-refractivity contribution in [3.8, 4) is 22.6 Å². The van der Waals surface area contributed by atoms with Crippen LogP contribution in [-0.2, 0) is 9.84 Å². The maximum absolute atomic E-state index is 12.7. The van der Waals surface area contributed by atoms with Gasteiger partial charge in [0.15, 0.2) is 9.84 Å². The number of ether oxygens (including phenoxy) is 1. The second-order valence-electron chi connectivity index (χ2n) is 6.71. The van der Waals surface area contributed by atoms with Crippen LogP contribution in [0.1, 0.15) is 10.4 Å². The zero-order chi connectivity index (χ0) is 23.7. The van der Waals surface area contributed by atoms with Crippen molar-refractivity contribution >= 4 is 33.0 Å². The van der Waals surface area contributed by atoms with Crippen molar-refractivity contribution in [2.24, 2.45) is 0 Å². The number of hydrogen-bond donors (Lipinski definition) is 2. The molecular formula is C21H15ClF3NO5S. The summed E-state index contributed by atoms with van der Waals surface area (Å²) >= 11 is 6.07. The number of sulfone groups is 1. The number of carbonyl (C=O) groups is 1. The Labute approximate surface area is 186 Å². The van der Waals surface area contributed by atoms with E-state index in [-0.39, 0.29) is 26.9 Å². The van der Waals surface area contributed by atoms with Crippen molar-refractivity contribution in [3.05, 3.63) is 71.2 Å². The predicted octanol–water partition coefficient (Wildman–Crippen LogP) is 5.27. The van der Waals surface area contributed by atoms with Gasteiger partial charge in [-0.1, -0.05) is 23.7 Å². The Morgan fingerprint density at radius 3 is 2.22 bits per heavy atom. The first kappa shape index (κ1) is 23.4. The predicted molar refractivity (Wildman–Crippen MR) is 113 cm³/mol. The summed E-state index contributed by atoms with van der Waals surface area (Å²) in [5.41, 5.74) is 0.994. The molecule has 6 nitrogen and oxygen atoms in total. The third kappa shape index (κ3) is 5.92. The van der Waals surface area contributed by atoms with Gasteiger partial charge in [0.1, 0.15) is 11.5 Å². The zero-order valence-electron chi connectivity index (χ0n) is 16.3. The van der Waals surface area contributed by atoms with Crippen LogP contribution in [0.25, 0.3) is 11.1 Å². The summed E-state index contributed by atoms with van der Waals surface area (Å²) in [6, 6.07) is 12.7. The van der Waals surface area contributed by atoms with E-state index in [9.17, 15) is 31.5 Å². The lowest BCUT2D eigenvalue weighted by molar-refractivity contribution is -0.274. The van der Waals surface area contributed by atoms with E-state index in [4.69, 9.17) is 11.6 Å². The van der Waals surface area contributed by atoms with Gasteiger partial charge in [0.2, 0.25) is 0 Å². The highest BCUT2D eigenvalue weighted by atomic mass is 35.5. The first-order valence-corrected chi connectivity index (χ1v) is 11.1. The average Bonchev–Trinajstić information content (AvgIpc) is 2.67. The van der Waals surface area contributed by atoms with Crippen LogP contribution in [0, 0.1) is 0 Å². The molecule has 11 heteroatoms. The summed E-state index contributed by atoms with van der Waals surface area (Å²) < 4.78 is 63.9. The molecule has 0 saturated heterocycles. The molecule has 0 unspecified atom stereocenters. The van der Waals surface area contributed by atoms with Crippen molar-refractivity contribution in [2.75, 3.05) is 11.6 Å². The number of rotatable bonds is 5. The fourth-order valence-corrected chi connectivity index (χ4v) is 3.72. The number of phenols is 1. The lowest BCUT2D eigenvalue weighted by atomic mass is 10.0. The third-order valence-corrected chi connectivity index (χ3v) is 5.64. The topological polar surface area (TPSA) is 92.7 Å². The number of aromatic hydroxyl groups is 1. The largest absolute Gasteiger partial charge is 0.573 e. The number of nitrogens with one attached hydrogen (secondary N) is 1. The molecule has 2 N–H and O–H groups in total. The molecule has 0 aliphatic heterocycles. The Morgan fingerprint density at radius 1 is 1.00 bits per heavy atom. The third-order valence-electron chi connectivity index (χ3n) is 4.22. The van der Waals surface area contributed by atoms with Crippen LogP contribution in [0.15, 0.2) is 65.6 Å². The minimum atomic E-state index is -4.82. The number of carbonyl (C=O) groups excluding carboxylic acids is 1. The second kappa shape index (κ2) is 8.71. The first-order chi connectivity index (χ1) is 14.8. The van der Waals surface area contributed by atoms with Crippen LogP contribution in [0.5, 0.6) is 11.5 Å². The molecule has 0 heterocycles. The average molecular weight is 486 g/mol. The number of anilines is 1. The van der Waals surface area contributed by atoms with Gasteiger partial charge >= 0.3 is 6.36 Å². The van der Waals surface area contributed by atoms with Crippen molar-refractivity contribution in [1.29, 1.82) is 0 Å². The van der Waals surface area contributed by atoms with Crippen molar-refractivity contribution in [2.45, 2.75) is 11.3 Å². The monoisotopic (exact) mass is 485 g/mol. The number of alkyl halides is 3. The maximum Gasteiger partial charge on any atom is 0.573 e. The van der Waals surface area contributed by atoms with Crippen LogP contribution >= 0.6 is 11.6 Å². The highest BCUT2D eigenvalue weighted by molar-refractivity contribution is 7.90. The summed E-state index contributed by atoms with van der Waals surface area (Å²) in [5.74, 6) is -1.30. The van der Waals surface area contributed by atoms with Crippen LogP contribution in [0.2, 0.25) is 5.02 Å². The van der Waals surface area contributed by atoms with E-state index in [1.807, 2.05) is 0 Å². The van der Waals surface area contributed by atoms with Gasteiger partial charge in [-0.05, 0) is 59.7 Å². The summed E-state index contributed by atoms with van der Waals surface area (Å²) in [5, 5.41) is 12.5. The van der Waals surface area contributed by atoms with Gasteiger partial charge in [0.05, 0.1) is 15.6 Å². The van der Waals surface area contributed by atoms with E-state index in [0.29, 0.717) is 11.1 Å². The Hall–Kier alpha value is -3.24. The number of benzene rings is 3. The van der Waals surface area contributed by atoms with Gasteiger partial charge in [0, 0.05) is 11.8 Å². The van der Waals surface area contributed by atoms with Crippen molar-refractivity contribution in [1.82, 2.24) is 0 Å². The van der Waals surface area contributed by atoms with Gasteiger partial charge in [-0.2, -0.15) is 0 Å². The standard InChI is InChI=1S/C21H15ClF3NO5S/c1-32(29,30)17-6-7-19(18(22)11-17)26-20(28)14-8-13(9-15(27)10-14)12-2-4-16(5-3-12)31-21(23,24)25/h2-11,27H,1H3,(H,26,28). The molecule has 32 heavy (non-hydrogen) atoms. The summed E-state index contributed by atoms with van der Waals surface area (Å²) in [7, 11) is -3.48. The van der Waals surface area contributed by atoms with E-state index in [2.05, 4.69) is 10.1 Å². The summed E-state index contributed by atoms with van der Waals surface area (Å²) in [6.07, 6.45) is -3.80. The van der Waals surface area contributed by atoms with E-state index < -0.39 is 27.9 Å². The molecule has 3 aromatic rings. The maximum atomic E-state index is 12.7. The van der Waals surface area contributed by atoms with Gasteiger partial charge in [-0.3, -0.25) is 4.79 Å². The van der Waals surface area contributed by atoms with E-state index in [1.54, 1.807) is 0 Å². The summed E-state index contributed by atoms with van der Waals surface area (Å²) in [6.45, 7) is 0.